The summed E-state index contributed by atoms with van der Waals surface area (Å²) in [5.41, 5.74) is -8.24. The van der Waals surface area contributed by atoms with Gasteiger partial charge in [-0.1, -0.05) is 40.8 Å². The number of carbonyl (C=O) groups is 1. The average molecular weight is 857 g/mol. The van der Waals surface area contributed by atoms with E-state index in [0.717, 1.165) is 27.5 Å². The molecule has 0 N–H and O–H groups in total. The number of hydrogen-bond donors (Lipinski definition) is 0. The van der Waals surface area contributed by atoms with Crippen molar-refractivity contribution in [3.05, 3.63) is 62.7 Å². The van der Waals surface area contributed by atoms with E-state index in [2.05, 4.69) is 0 Å². The number of likely N-dealkylation sites (tertiary alicyclic amines) is 1. The van der Waals surface area contributed by atoms with E-state index in [1.165, 1.54) is 24.3 Å². The van der Waals surface area contributed by atoms with Gasteiger partial charge in [0.2, 0.25) is 5.91 Å². The molecule has 4 rings (SSSR count). The Morgan fingerprint density at radius 1 is 0.905 bits per heavy atom. The van der Waals surface area contributed by atoms with Gasteiger partial charge in [-0.15, -0.1) is 0 Å². The first-order chi connectivity index (χ1) is 18.9. The molecule has 17 heteroatoms. The van der Waals surface area contributed by atoms with Gasteiger partial charge >= 0.3 is 24.2 Å². The number of nitrogens with zero attached hydrogens (tertiary/aromatic N) is 1. The second-order valence-corrected chi connectivity index (χ2v) is 15.8. The highest BCUT2D eigenvalue weighted by atomic mass is 127. The Hall–Kier alpha value is -1.38. The first kappa shape index (κ1) is 33.5. The van der Waals surface area contributed by atoms with E-state index in [9.17, 15) is 57.1 Å². The van der Waals surface area contributed by atoms with Crippen LogP contribution >= 0.6 is 45.2 Å². The fourth-order valence-electron chi connectivity index (χ4n) is 5.69. The lowest BCUT2D eigenvalue weighted by Gasteiger charge is -2.44. The third-order valence-electron chi connectivity index (χ3n) is 7.86. The summed E-state index contributed by atoms with van der Waals surface area (Å²) in [5.74, 6) is -1.45. The van der Waals surface area contributed by atoms with Gasteiger partial charge in [-0.2, -0.15) is 39.5 Å². The number of sulfone groups is 1. The highest BCUT2D eigenvalue weighted by Crippen LogP contribution is 2.57. The van der Waals surface area contributed by atoms with E-state index in [1.54, 1.807) is 0 Å². The van der Waals surface area contributed by atoms with Gasteiger partial charge in [0.1, 0.15) is 4.75 Å². The smallest absolute Gasteiger partial charge is 0.336 e. The molecule has 1 saturated heterocycles. The van der Waals surface area contributed by atoms with Crippen molar-refractivity contribution >= 4 is 60.9 Å². The van der Waals surface area contributed by atoms with Crippen molar-refractivity contribution in [2.75, 3.05) is 6.54 Å². The summed E-state index contributed by atoms with van der Waals surface area (Å²) < 4.78 is 161. The molecule has 0 radical (unpaired) electrons. The van der Waals surface area contributed by atoms with Gasteiger partial charge in [0, 0.05) is 15.7 Å². The van der Waals surface area contributed by atoms with Crippen molar-refractivity contribution < 1.29 is 57.1 Å². The van der Waals surface area contributed by atoms with Gasteiger partial charge in [0.15, 0.2) is 13.3 Å². The largest absolute Gasteiger partial charge is 0.435 e. The van der Waals surface area contributed by atoms with Crippen molar-refractivity contribution in [2.24, 2.45) is 0 Å². The van der Waals surface area contributed by atoms with Crippen LogP contribution in [0.1, 0.15) is 36.5 Å². The van der Waals surface area contributed by atoms with Crippen molar-refractivity contribution in [1.29, 1.82) is 0 Å². The summed E-state index contributed by atoms with van der Waals surface area (Å²) in [6, 6.07) is 4.93. The molecular formula is C25H19F10I2NO3S. The van der Waals surface area contributed by atoms with E-state index < -0.39 is 85.5 Å². The van der Waals surface area contributed by atoms with Gasteiger partial charge in [0.25, 0.3) is 0 Å². The summed E-state index contributed by atoms with van der Waals surface area (Å²) in [7, 11) is -4.66. The van der Waals surface area contributed by atoms with Gasteiger partial charge in [-0.05, 0) is 84.2 Å². The van der Waals surface area contributed by atoms with Crippen molar-refractivity contribution in [2.45, 2.75) is 69.5 Å². The summed E-state index contributed by atoms with van der Waals surface area (Å²) in [6.07, 6.45) is -19.2. The lowest BCUT2D eigenvalue weighted by atomic mass is 9.76. The van der Waals surface area contributed by atoms with Crippen LogP contribution in [0.5, 0.6) is 0 Å². The summed E-state index contributed by atoms with van der Waals surface area (Å²) in [6.45, 7) is 0.114. The molecular weight excluding hydrogens is 838 g/mol. The van der Waals surface area contributed by atoms with Crippen LogP contribution in [0.4, 0.5) is 43.9 Å². The van der Waals surface area contributed by atoms with Crippen LogP contribution in [0.15, 0.2) is 47.4 Å². The molecule has 3 atom stereocenters. The molecule has 0 saturated carbocycles. The van der Waals surface area contributed by atoms with Crippen LogP contribution in [0.25, 0.3) is 0 Å². The number of halogens is 12. The van der Waals surface area contributed by atoms with E-state index in [0.29, 0.717) is 22.6 Å². The first-order valence-electron chi connectivity index (χ1n) is 12.0. The number of alkyl halides is 11. The molecule has 1 heterocycles. The normalized spacial score (nSPS) is 23.3. The van der Waals surface area contributed by atoms with Crippen LogP contribution in [0.2, 0.25) is 0 Å². The molecule has 0 aromatic heterocycles. The SMILES string of the molecule is CC(I)(C(=O)N1CC[C@@]2(S(=O)(=O)c3ccc(I)cc3)c3ccc(C(F)(C(F)(F)F)C(F)(F)F)cc3CC[C@@H]12)C(F)(F)F. The molecule has 1 fully saturated rings. The zero-order valence-corrected chi connectivity index (χ0v) is 26.2. The number of hydrogen-bond acceptors (Lipinski definition) is 3. The lowest BCUT2D eigenvalue weighted by Crippen LogP contribution is -2.57. The molecule has 4 nitrogen and oxygen atoms in total. The fraction of sp³-hybridized carbons (Fsp3) is 0.480. The van der Waals surface area contributed by atoms with Crippen LogP contribution in [0, 0.1) is 3.57 Å². The zero-order chi connectivity index (χ0) is 31.9. The molecule has 1 aliphatic heterocycles. The highest BCUT2D eigenvalue weighted by Gasteiger charge is 2.74. The van der Waals surface area contributed by atoms with Gasteiger partial charge in [-0.3, -0.25) is 4.79 Å². The number of rotatable bonds is 4. The maximum absolute atomic E-state index is 14.9. The average Bonchev–Trinajstić information content (AvgIpc) is 3.27. The van der Waals surface area contributed by atoms with Crippen LogP contribution in [0.3, 0.4) is 0 Å². The zero-order valence-electron chi connectivity index (χ0n) is 21.1. The predicted octanol–water partition coefficient (Wildman–Crippen LogP) is 7.55. The maximum Gasteiger partial charge on any atom is 0.435 e. The maximum atomic E-state index is 14.9. The Labute approximate surface area is 260 Å². The molecule has 0 spiro atoms. The minimum absolute atomic E-state index is 0.191. The molecule has 42 heavy (non-hydrogen) atoms. The quantitative estimate of drug-likeness (QED) is 0.182. The second kappa shape index (κ2) is 10.3. The second-order valence-electron chi connectivity index (χ2n) is 10.2. The van der Waals surface area contributed by atoms with Gasteiger partial charge < -0.3 is 4.90 Å². The van der Waals surface area contributed by atoms with E-state index >= 15 is 0 Å². The van der Waals surface area contributed by atoms with Crippen molar-refractivity contribution in [1.82, 2.24) is 4.90 Å². The Kier molecular flexibility index (Phi) is 8.25. The number of benzene rings is 2. The molecule has 232 valence electrons. The standard InChI is InChI=1S/C25H19F10I2NO3S/c1-20(37,23(27,28)29)19(39)38-11-10-21(42(40,41)16-6-4-15(36)5-7-16)17-8-3-14(12-13(17)2-9-18(21)38)22(26,24(30,31)32)25(33,34)35/h3-8,12,18H,2,9-11H2,1H3/t18-,20?,21-/m1/s1. The molecule has 1 amide bonds. The number of aryl methyl sites for hydroxylation is 1. The van der Waals surface area contributed by atoms with E-state index in [-0.39, 0.29) is 22.1 Å². The minimum Gasteiger partial charge on any atom is -0.336 e. The number of amides is 1. The third-order valence-corrected chi connectivity index (χ3v) is 12.2. The van der Waals surface area contributed by atoms with Crippen molar-refractivity contribution in [3.63, 3.8) is 0 Å². The van der Waals surface area contributed by atoms with Crippen LogP contribution in [-0.2, 0) is 31.5 Å². The lowest BCUT2D eigenvalue weighted by molar-refractivity contribution is -0.348. The predicted molar refractivity (Wildman–Crippen MR) is 146 cm³/mol. The van der Waals surface area contributed by atoms with Crippen LogP contribution < -0.4 is 0 Å². The summed E-state index contributed by atoms with van der Waals surface area (Å²) >= 11 is 2.79. The van der Waals surface area contributed by atoms with Crippen LogP contribution in [-0.4, -0.2) is 53.8 Å². The number of carbonyl (C=O) groups excluding carboxylic acids is 1. The fourth-order valence-corrected chi connectivity index (χ4v) is 8.72. The third kappa shape index (κ3) is 4.81. The van der Waals surface area contributed by atoms with Gasteiger partial charge in [0.05, 0.1) is 10.9 Å². The minimum atomic E-state index is -6.42. The van der Waals surface area contributed by atoms with E-state index in [4.69, 9.17) is 0 Å². The monoisotopic (exact) mass is 857 g/mol. The molecule has 2 aromatic carbocycles. The Bertz CT molecular complexity index is 1490. The Morgan fingerprint density at radius 2 is 1.45 bits per heavy atom. The molecule has 2 aromatic rings. The van der Waals surface area contributed by atoms with Gasteiger partial charge in [-0.25, -0.2) is 12.8 Å². The van der Waals surface area contributed by atoms with Crippen molar-refractivity contribution in [3.8, 4) is 0 Å². The topological polar surface area (TPSA) is 54.5 Å². The Morgan fingerprint density at radius 3 is 1.95 bits per heavy atom. The summed E-state index contributed by atoms with van der Waals surface area (Å²) in [4.78, 5) is 13.7. The summed E-state index contributed by atoms with van der Waals surface area (Å²) in [5, 5.41) is 0. The number of fused-ring (bicyclic) bond motifs is 3. The first-order valence-corrected chi connectivity index (χ1v) is 15.6. The molecule has 1 unspecified atom stereocenters. The highest BCUT2D eigenvalue weighted by molar-refractivity contribution is 14.1. The van der Waals surface area contributed by atoms with E-state index in [1.807, 2.05) is 22.6 Å². The Balaban J connectivity index is 1.97. The molecule has 2 aliphatic rings. The molecule has 0 bridgehead atoms. The molecule has 1 aliphatic carbocycles.